The zero-order chi connectivity index (χ0) is 18.3. The van der Waals surface area contributed by atoms with Gasteiger partial charge in [-0.2, -0.15) is 0 Å². The number of carbonyl (C=O) groups is 2. The van der Waals surface area contributed by atoms with E-state index >= 15 is 0 Å². The van der Waals surface area contributed by atoms with Gasteiger partial charge in [0.15, 0.2) is 0 Å². The van der Waals surface area contributed by atoms with E-state index in [-0.39, 0.29) is 11.8 Å². The molecule has 0 unspecified atom stereocenters. The molecule has 1 aromatic heterocycles. The highest BCUT2D eigenvalue weighted by atomic mass is 16.2. The monoisotopic (exact) mass is 347 g/mol. The predicted octanol–water partition coefficient (Wildman–Crippen LogP) is 4.16. The van der Waals surface area contributed by atoms with Gasteiger partial charge in [0, 0.05) is 23.9 Å². The average molecular weight is 347 g/mol. The van der Waals surface area contributed by atoms with Crippen LogP contribution in [0.3, 0.4) is 0 Å². The number of H-pyrrole nitrogens is 1. The van der Waals surface area contributed by atoms with Crippen molar-refractivity contribution in [2.45, 2.75) is 26.7 Å². The molecule has 2 heterocycles. The van der Waals surface area contributed by atoms with E-state index in [1.165, 1.54) is 0 Å². The molecule has 0 saturated carbocycles. The lowest BCUT2D eigenvalue weighted by Crippen LogP contribution is -2.25. The maximum atomic E-state index is 12.8. The van der Waals surface area contributed by atoms with Crippen LogP contribution in [0.2, 0.25) is 0 Å². The minimum absolute atomic E-state index is 0.100. The van der Waals surface area contributed by atoms with Crippen LogP contribution in [0, 0.1) is 13.8 Å². The second-order valence-corrected chi connectivity index (χ2v) is 6.85. The molecule has 132 valence electrons. The quantitative estimate of drug-likeness (QED) is 0.747. The van der Waals surface area contributed by atoms with Crippen molar-refractivity contribution in [2.75, 3.05) is 16.8 Å². The Kier molecular flexibility index (Phi) is 3.99. The highest BCUT2D eigenvalue weighted by molar-refractivity contribution is 6.09. The standard InChI is InChI=1S/C21H21N3O2/c1-13-10-14(2)15-12-18(22-17(15)11-13)21(26)23-16-6-3-4-7-19(16)24-9-5-8-20(24)25/h3-4,6-7,10-12,22H,5,8-9H2,1-2H3,(H,23,26). The summed E-state index contributed by atoms with van der Waals surface area (Å²) in [5.41, 5.74) is 5.16. The van der Waals surface area contributed by atoms with Gasteiger partial charge in [-0.15, -0.1) is 0 Å². The molecule has 5 nitrogen and oxygen atoms in total. The molecule has 1 aliphatic rings. The van der Waals surface area contributed by atoms with Crippen LogP contribution in [0.15, 0.2) is 42.5 Å². The number of nitrogens with one attached hydrogen (secondary N) is 2. The van der Waals surface area contributed by atoms with Gasteiger partial charge in [-0.05, 0) is 55.7 Å². The number of hydrogen-bond acceptors (Lipinski definition) is 2. The van der Waals surface area contributed by atoms with Crippen LogP contribution in [-0.4, -0.2) is 23.3 Å². The summed E-state index contributed by atoms with van der Waals surface area (Å²) in [6, 6.07) is 13.5. The summed E-state index contributed by atoms with van der Waals surface area (Å²) in [5.74, 6) is -0.110. The molecule has 26 heavy (non-hydrogen) atoms. The van der Waals surface area contributed by atoms with E-state index < -0.39 is 0 Å². The Bertz CT molecular complexity index is 1020. The van der Waals surface area contributed by atoms with E-state index in [0.717, 1.165) is 34.1 Å². The minimum atomic E-state index is -0.211. The lowest BCUT2D eigenvalue weighted by Gasteiger charge is -2.19. The molecule has 0 aliphatic carbocycles. The summed E-state index contributed by atoms with van der Waals surface area (Å²) in [7, 11) is 0. The summed E-state index contributed by atoms with van der Waals surface area (Å²) in [6.45, 7) is 4.77. The molecule has 1 saturated heterocycles. The largest absolute Gasteiger partial charge is 0.351 e. The molecule has 5 heteroatoms. The van der Waals surface area contributed by atoms with Crippen molar-refractivity contribution in [2.24, 2.45) is 0 Å². The molecule has 2 amide bonds. The van der Waals surface area contributed by atoms with Crippen LogP contribution >= 0.6 is 0 Å². The smallest absolute Gasteiger partial charge is 0.272 e. The van der Waals surface area contributed by atoms with Crippen molar-refractivity contribution in [3.63, 3.8) is 0 Å². The van der Waals surface area contributed by atoms with Gasteiger partial charge in [-0.3, -0.25) is 9.59 Å². The molecule has 0 atom stereocenters. The molecule has 1 aliphatic heterocycles. The van der Waals surface area contributed by atoms with E-state index in [1.54, 1.807) is 4.90 Å². The first-order valence-corrected chi connectivity index (χ1v) is 8.83. The summed E-state index contributed by atoms with van der Waals surface area (Å²) >= 11 is 0. The topological polar surface area (TPSA) is 65.2 Å². The molecular formula is C21H21N3O2. The zero-order valence-corrected chi connectivity index (χ0v) is 14.9. The van der Waals surface area contributed by atoms with Crippen molar-refractivity contribution in [3.8, 4) is 0 Å². The van der Waals surface area contributed by atoms with Gasteiger partial charge in [0.25, 0.3) is 5.91 Å². The molecule has 2 aromatic carbocycles. The summed E-state index contributed by atoms with van der Waals surface area (Å²) in [4.78, 5) is 29.8. The number of aromatic amines is 1. The Morgan fingerprint density at radius 3 is 2.73 bits per heavy atom. The second kappa shape index (κ2) is 6.33. The lowest BCUT2D eigenvalue weighted by atomic mass is 10.1. The van der Waals surface area contributed by atoms with E-state index in [0.29, 0.717) is 24.3 Å². The van der Waals surface area contributed by atoms with Crippen LogP contribution in [0.5, 0.6) is 0 Å². The molecule has 4 rings (SSSR count). The number of anilines is 2. The fourth-order valence-electron chi connectivity index (χ4n) is 3.63. The molecule has 1 fully saturated rings. The van der Waals surface area contributed by atoms with Crippen molar-refractivity contribution in [1.29, 1.82) is 0 Å². The van der Waals surface area contributed by atoms with Crippen LogP contribution in [0.1, 0.15) is 34.5 Å². The minimum Gasteiger partial charge on any atom is -0.351 e. The Hall–Kier alpha value is -3.08. The maximum absolute atomic E-state index is 12.8. The van der Waals surface area contributed by atoms with Crippen LogP contribution in [-0.2, 0) is 4.79 Å². The molecule has 2 N–H and O–H groups in total. The number of aromatic nitrogens is 1. The third kappa shape index (κ3) is 2.86. The first kappa shape index (κ1) is 16.4. The second-order valence-electron chi connectivity index (χ2n) is 6.85. The van der Waals surface area contributed by atoms with Gasteiger partial charge in [-0.1, -0.05) is 18.2 Å². The van der Waals surface area contributed by atoms with E-state index in [2.05, 4.69) is 16.4 Å². The molecule has 0 spiro atoms. The number of nitrogens with zero attached hydrogens (tertiary/aromatic N) is 1. The number of benzene rings is 2. The van der Waals surface area contributed by atoms with Crippen LogP contribution in [0.4, 0.5) is 11.4 Å². The Balaban J connectivity index is 1.65. The van der Waals surface area contributed by atoms with E-state index in [1.807, 2.05) is 50.2 Å². The van der Waals surface area contributed by atoms with Gasteiger partial charge >= 0.3 is 0 Å². The molecule has 0 radical (unpaired) electrons. The predicted molar refractivity (Wildman–Crippen MR) is 104 cm³/mol. The number of rotatable bonds is 3. The number of amides is 2. The molecule has 3 aromatic rings. The summed E-state index contributed by atoms with van der Waals surface area (Å²) in [6.07, 6.45) is 1.41. The Morgan fingerprint density at radius 1 is 1.15 bits per heavy atom. The number of fused-ring (bicyclic) bond motifs is 1. The number of carbonyl (C=O) groups excluding carboxylic acids is 2. The highest BCUT2D eigenvalue weighted by Crippen LogP contribution is 2.30. The average Bonchev–Trinajstić information content (AvgIpc) is 3.22. The number of para-hydroxylation sites is 2. The summed E-state index contributed by atoms with van der Waals surface area (Å²) in [5, 5.41) is 4.00. The van der Waals surface area contributed by atoms with Gasteiger partial charge in [0.2, 0.25) is 5.91 Å². The number of aryl methyl sites for hydroxylation is 2. The maximum Gasteiger partial charge on any atom is 0.272 e. The molecular weight excluding hydrogens is 326 g/mol. The third-order valence-corrected chi connectivity index (χ3v) is 4.85. The number of hydrogen-bond donors (Lipinski definition) is 2. The fraction of sp³-hybridized carbons (Fsp3) is 0.238. The fourth-order valence-corrected chi connectivity index (χ4v) is 3.63. The van der Waals surface area contributed by atoms with Crippen LogP contribution in [0.25, 0.3) is 10.9 Å². The third-order valence-electron chi connectivity index (χ3n) is 4.85. The van der Waals surface area contributed by atoms with Crippen LogP contribution < -0.4 is 10.2 Å². The Labute approximate surface area is 152 Å². The van der Waals surface area contributed by atoms with Gasteiger partial charge < -0.3 is 15.2 Å². The summed E-state index contributed by atoms with van der Waals surface area (Å²) < 4.78 is 0. The van der Waals surface area contributed by atoms with Gasteiger partial charge in [0.1, 0.15) is 5.69 Å². The first-order chi connectivity index (χ1) is 12.5. The highest BCUT2D eigenvalue weighted by Gasteiger charge is 2.24. The van der Waals surface area contributed by atoms with Crippen molar-refractivity contribution >= 4 is 34.1 Å². The first-order valence-electron chi connectivity index (χ1n) is 8.83. The van der Waals surface area contributed by atoms with Crippen molar-refractivity contribution in [1.82, 2.24) is 4.98 Å². The lowest BCUT2D eigenvalue weighted by molar-refractivity contribution is -0.117. The molecule has 0 bridgehead atoms. The van der Waals surface area contributed by atoms with Gasteiger partial charge in [0.05, 0.1) is 11.4 Å². The van der Waals surface area contributed by atoms with E-state index in [9.17, 15) is 9.59 Å². The zero-order valence-electron chi connectivity index (χ0n) is 14.9. The SMILES string of the molecule is Cc1cc(C)c2cc(C(=O)Nc3ccccc3N3CCCC3=O)[nH]c2c1. The van der Waals surface area contributed by atoms with Gasteiger partial charge in [-0.25, -0.2) is 0 Å². The van der Waals surface area contributed by atoms with Crippen molar-refractivity contribution in [3.05, 3.63) is 59.3 Å². The normalized spacial score (nSPS) is 14.2. The Morgan fingerprint density at radius 2 is 1.96 bits per heavy atom. The van der Waals surface area contributed by atoms with Crippen molar-refractivity contribution < 1.29 is 9.59 Å². The van der Waals surface area contributed by atoms with E-state index in [4.69, 9.17) is 0 Å².